The number of hydrogen-bond donors (Lipinski definition) is 2. The Morgan fingerprint density at radius 1 is 1.40 bits per heavy atom. The Balaban J connectivity index is 1.70. The number of carbonyl (C=O) groups is 1. The quantitative estimate of drug-likeness (QED) is 0.785. The maximum Gasteiger partial charge on any atom is 0.340 e. The van der Waals surface area contributed by atoms with Crippen LogP contribution in [-0.4, -0.2) is 47.8 Å². The van der Waals surface area contributed by atoms with Crippen molar-refractivity contribution in [1.29, 1.82) is 0 Å². The Hall–Kier alpha value is -2.24. The number of nitrogens with one attached hydrogen (secondary N) is 1. The first-order valence-corrected chi connectivity index (χ1v) is 6.79. The first-order chi connectivity index (χ1) is 9.74. The van der Waals surface area contributed by atoms with E-state index in [1.807, 2.05) is 4.90 Å². The minimum absolute atomic E-state index is 0.133. The smallest absolute Gasteiger partial charge is 0.340 e. The molecule has 0 saturated carbocycles. The highest BCUT2D eigenvalue weighted by atomic mass is 16.6. The van der Waals surface area contributed by atoms with E-state index in [-0.39, 0.29) is 17.9 Å². The van der Waals surface area contributed by atoms with Crippen molar-refractivity contribution in [2.45, 2.75) is 19.1 Å². The molecule has 2 N–H and O–H groups in total. The number of aliphatic imine (C=N–C) groups is 1. The fourth-order valence-electron chi connectivity index (χ4n) is 2.44. The lowest BCUT2D eigenvalue weighted by molar-refractivity contribution is -0.0185. The largest absolute Gasteiger partial charge is 0.508 e. The van der Waals surface area contributed by atoms with Gasteiger partial charge in [0.2, 0.25) is 0 Å². The maximum absolute atomic E-state index is 12.1. The van der Waals surface area contributed by atoms with E-state index in [1.165, 1.54) is 12.1 Å². The number of ether oxygens (including phenoxy) is 1. The highest BCUT2D eigenvalue weighted by molar-refractivity contribution is 5.90. The monoisotopic (exact) mass is 275 g/mol. The van der Waals surface area contributed by atoms with Crippen LogP contribution in [0, 0.1) is 0 Å². The molecule has 1 aromatic carbocycles. The Bertz CT molecular complexity index is 527. The predicted octanol–water partition coefficient (Wildman–Crippen LogP) is 0.930. The first-order valence-electron chi connectivity index (χ1n) is 6.79. The molecule has 0 bridgehead atoms. The van der Waals surface area contributed by atoms with E-state index in [9.17, 15) is 9.90 Å². The van der Waals surface area contributed by atoms with Crippen LogP contribution in [0.2, 0.25) is 0 Å². The number of nitrogens with zero attached hydrogens (tertiary/aromatic N) is 2. The molecule has 1 fully saturated rings. The minimum Gasteiger partial charge on any atom is -0.508 e. The Morgan fingerprint density at radius 3 is 3.00 bits per heavy atom. The van der Waals surface area contributed by atoms with Gasteiger partial charge in [-0.1, -0.05) is 0 Å². The molecule has 0 spiro atoms. The van der Waals surface area contributed by atoms with Crippen LogP contribution < -0.4 is 5.32 Å². The number of hydrogen-bond acceptors (Lipinski definition) is 6. The van der Waals surface area contributed by atoms with Crippen molar-refractivity contribution in [3.8, 4) is 5.75 Å². The van der Waals surface area contributed by atoms with E-state index in [4.69, 9.17) is 4.74 Å². The second-order valence-corrected chi connectivity index (χ2v) is 4.87. The number of aromatic hydroxyl groups is 1. The summed E-state index contributed by atoms with van der Waals surface area (Å²) < 4.78 is 5.57. The molecular formula is C14H17N3O3. The lowest BCUT2D eigenvalue weighted by Crippen LogP contribution is -2.56. The molecule has 2 aliphatic heterocycles. The number of rotatable bonds is 2. The van der Waals surface area contributed by atoms with Crippen molar-refractivity contribution in [2.24, 2.45) is 4.99 Å². The molecule has 0 amide bonds. The van der Waals surface area contributed by atoms with Crippen LogP contribution in [0.25, 0.3) is 0 Å². The van der Waals surface area contributed by atoms with Gasteiger partial charge in [-0.15, -0.1) is 0 Å². The Labute approximate surface area is 117 Å². The minimum atomic E-state index is -0.373. The van der Waals surface area contributed by atoms with Crippen LogP contribution in [0.5, 0.6) is 5.75 Å². The van der Waals surface area contributed by atoms with Crippen LogP contribution in [0.3, 0.4) is 0 Å². The van der Waals surface area contributed by atoms with E-state index < -0.39 is 0 Å². The lowest BCUT2D eigenvalue weighted by Gasteiger charge is -2.39. The SMILES string of the molecule is O=C(OC1CCNC2=NCCCN21)c1ccc(O)cc1. The summed E-state index contributed by atoms with van der Waals surface area (Å²) in [6.07, 6.45) is 1.44. The molecule has 0 aromatic heterocycles. The fraction of sp³-hybridized carbons (Fsp3) is 0.429. The van der Waals surface area contributed by atoms with Gasteiger partial charge in [0.15, 0.2) is 12.2 Å². The number of guanidine groups is 1. The van der Waals surface area contributed by atoms with Gasteiger partial charge in [-0.2, -0.15) is 0 Å². The number of phenols is 1. The van der Waals surface area contributed by atoms with Crippen LogP contribution in [0.4, 0.5) is 0 Å². The molecule has 106 valence electrons. The fourth-order valence-corrected chi connectivity index (χ4v) is 2.44. The highest BCUT2D eigenvalue weighted by Crippen LogP contribution is 2.18. The van der Waals surface area contributed by atoms with E-state index in [1.54, 1.807) is 12.1 Å². The van der Waals surface area contributed by atoms with E-state index in [0.29, 0.717) is 5.56 Å². The van der Waals surface area contributed by atoms with Crippen LogP contribution in [0.1, 0.15) is 23.2 Å². The molecule has 1 atom stereocenters. The summed E-state index contributed by atoms with van der Waals surface area (Å²) >= 11 is 0. The zero-order valence-electron chi connectivity index (χ0n) is 11.1. The van der Waals surface area contributed by atoms with Crippen molar-refractivity contribution < 1.29 is 14.6 Å². The molecule has 6 nitrogen and oxygen atoms in total. The Kier molecular flexibility index (Phi) is 3.45. The van der Waals surface area contributed by atoms with Crippen LogP contribution in [-0.2, 0) is 4.74 Å². The van der Waals surface area contributed by atoms with Crippen molar-refractivity contribution in [1.82, 2.24) is 10.2 Å². The van der Waals surface area contributed by atoms with Crippen molar-refractivity contribution in [2.75, 3.05) is 19.6 Å². The summed E-state index contributed by atoms with van der Waals surface area (Å²) in [5, 5.41) is 12.5. The highest BCUT2D eigenvalue weighted by Gasteiger charge is 2.30. The second kappa shape index (κ2) is 5.40. The molecule has 3 rings (SSSR count). The number of benzene rings is 1. The Morgan fingerprint density at radius 2 is 2.20 bits per heavy atom. The summed E-state index contributed by atoms with van der Waals surface area (Å²) in [6, 6.07) is 6.08. The zero-order valence-corrected chi connectivity index (χ0v) is 11.1. The van der Waals surface area contributed by atoms with Gasteiger partial charge in [0.1, 0.15) is 5.75 Å². The first kappa shape index (κ1) is 12.8. The van der Waals surface area contributed by atoms with Gasteiger partial charge in [-0.25, -0.2) is 4.79 Å². The van der Waals surface area contributed by atoms with Gasteiger partial charge >= 0.3 is 5.97 Å². The molecule has 1 unspecified atom stereocenters. The third-order valence-corrected chi connectivity index (χ3v) is 3.46. The average Bonchev–Trinajstić information content (AvgIpc) is 2.48. The second-order valence-electron chi connectivity index (χ2n) is 4.87. The van der Waals surface area contributed by atoms with Gasteiger partial charge in [-0.3, -0.25) is 4.99 Å². The van der Waals surface area contributed by atoms with E-state index >= 15 is 0 Å². The molecule has 2 aliphatic rings. The summed E-state index contributed by atoms with van der Waals surface area (Å²) in [7, 11) is 0. The standard InChI is InChI=1S/C14H17N3O3/c18-11-4-2-10(3-5-11)13(19)20-12-6-8-16-14-15-7-1-9-17(12)14/h2-5,12,18H,1,6-9H2,(H,15,16). The van der Waals surface area contributed by atoms with Gasteiger partial charge in [0.25, 0.3) is 0 Å². The zero-order chi connectivity index (χ0) is 13.9. The molecule has 0 aliphatic carbocycles. The molecule has 0 radical (unpaired) electrons. The van der Waals surface area contributed by atoms with Crippen LogP contribution >= 0.6 is 0 Å². The summed E-state index contributed by atoms with van der Waals surface area (Å²) in [5.74, 6) is 0.585. The molecule has 1 aromatic rings. The topological polar surface area (TPSA) is 74.2 Å². The number of phenolic OH excluding ortho intramolecular Hbond substituents is 1. The number of esters is 1. The maximum atomic E-state index is 12.1. The van der Waals surface area contributed by atoms with Crippen molar-refractivity contribution in [3.63, 3.8) is 0 Å². The van der Waals surface area contributed by atoms with E-state index in [2.05, 4.69) is 10.3 Å². The summed E-state index contributed by atoms with van der Waals surface area (Å²) in [6.45, 7) is 2.42. The van der Waals surface area contributed by atoms with Crippen molar-refractivity contribution in [3.05, 3.63) is 29.8 Å². The molecule has 2 heterocycles. The molecule has 1 saturated heterocycles. The molecule has 20 heavy (non-hydrogen) atoms. The normalized spacial score (nSPS) is 21.5. The lowest BCUT2D eigenvalue weighted by atomic mass is 10.2. The summed E-state index contributed by atoms with van der Waals surface area (Å²) in [5.41, 5.74) is 0.442. The average molecular weight is 275 g/mol. The number of carbonyl (C=O) groups excluding carboxylic acids is 1. The third kappa shape index (κ3) is 2.54. The van der Waals surface area contributed by atoms with Crippen LogP contribution in [0.15, 0.2) is 29.3 Å². The van der Waals surface area contributed by atoms with Gasteiger partial charge in [0.05, 0.1) is 5.56 Å². The van der Waals surface area contributed by atoms with Gasteiger partial charge < -0.3 is 20.1 Å². The van der Waals surface area contributed by atoms with E-state index in [0.717, 1.165) is 38.4 Å². The predicted molar refractivity (Wildman–Crippen MR) is 73.6 cm³/mol. The molecular weight excluding hydrogens is 258 g/mol. The third-order valence-electron chi connectivity index (χ3n) is 3.46. The van der Waals surface area contributed by atoms with Gasteiger partial charge in [-0.05, 0) is 30.7 Å². The molecule has 6 heteroatoms. The van der Waals surface area contributed by atoms with Crippen molar-refractivity contribution >= 4 is 11.9 Å². The summed E-state index contributed by atoms with van der Waals surface area (Å²) in [4.78, 5) is 18.5. The van der Waals surface area contributed by atoms with Gasteiger partial charge in [0, 0.05) is 26.1 Å². The number of fused-ring (bicyclic) bond motifs is 1.